The number of nitrogens with zero attached hydrogens (tertiary/aromatic N) is 3. The average Bonchev–Trinajstić information content (AvgIpc) is 2.65. The highest BCUT2D eigenvalue weighted by Crippen LogP contribution is 2.24. The standard InChI is InChI=1S/C21H30N4O3/c1-7-28-20(26)17-12-22-18(15-8-10-16(27-6)11-9-15)24-19(17)23-13-21(2,3)14-25(4)5/h8-12H,7,13-14H2,1-6H3,(H,22,23,24). The Bertz CT molecular complexity index is 789. The Morgan fingerprint density at radius 1 is 1.21 bits per heavy atom. The molecule has 152 valence electrons. The van der Waals surface area contributed by atoms with Gasteiger partial charge in [-0.3, -0.25) is 0 Å². The van der Waals surface area contributed by atoms with Gasteiger partial charge in [0, 0.05) is 24.8 Å². The van der Waals surface area contributed by atoms with Gasteiger partial charge in [0.15, 0.2) is 5.82 Å². The van der Waals surface area contributed by atoms with E-state index < -0.39 is 5.97 Å². The van der Waals surface area contributed by atoms with Crippen LogP contribution >= 0.6 is 0 Å². The second kappa shape index (κ2) is 9.50. The summed E-state index contributed by atoms with van der Waals surface area (Å²) >= 11 is 0. The molecule has 0 aliphatic heterocycles. The van der Waals surface area contributed by atoms with Gasteiger partial charge in [-0.05, 0) is 50.7 Å². The Morgan fingerprint density at radius 3 is 2.46 bits per heavy atom. The highest BCUT2D eigenvalue weighted by molar-refractivity contribution is 5.94. The summed E-state index contributed by atoms with van der Waals surface area (Å²) in [5.41, 5.74) is 1.16. The molecule has 2 rings (SSSR count). The number of carbonyl (C=O) groups is 1. The molecule has 0 aliphatic carbocycles. The summed E-state index contributed by atoms with van der Waals surface area (Å²) in [6.07, 6.45) is 1.52. The van der Waals surface area contributed by atoms with E-state index >= 15 is 0 Å². The fraction of sp³-hybridized carbons (Fsp3) is 0.476. The van der Waals surface area contributed by atoms with Crippen molar-refractivity contribution in [2.75, 3.05) is 46.2 Å². The quantitative estimate of drug-likeness (QED) is 0.663. The Labute approximate surface area is 167 Å². The van der Waals surface area contributed by atoms with Gasteiger partial charge in [-0.1, -0.05) is 13.8 Å². The smallest absolute Gasteiger partial charge is 0.343 e. The maximum Gasteiger partial charge on any atom is 0.343 e. The van der Waals surface area contributed by atoms with Gasteiger partial charge in [-0.2, -0.15) is 0 Å². The highest BCUT2D eigenvalue weighted by Gasteiger charge is 2.22. The van der Waals surface area contributed by atoms with Gasteiger partial charge in [0.05, 0.1) is 13.7 Å². The van der Waals surface area contributed by atoms with Crippen LogP contribution in [0.1, 0.15) is 31.1 Å². The molecule has 0 radical (unpaired) electrons. The maximum atomic E-state index is 12.3. The van der Waals surface area contributed by atoms with Gasteiger partial charge >= 0.3 is 5.97 Å². The van der Waals surface area contributed by atoms with Gasteiger partial charge in [0.2, 0.25) is 0 Å². The van der Waals surface area contributed by atoms with E-state index in [9.17, 15) is 4.79 Å². The van der Waals surface area contributed by atoms with Crippen molar-refractivity contribution in [2.24, 2.45) is 5.41 Å². The minimum Gasteiger partial charge on any atom is -0.497 e. The molecule has 1 N–H and O–H groups in total. The normalized spacial score (nSPS) is 11.4. The minimum atomic E-state index is -0.434. The molecule has 0 fully saturated rings. The zero-order chi connectivity index (χ0) is 20.7. The molecule has 1 aromatic heterocycles. The lowest BCUT2D eigenvalue weighted by atomic mass is 9.93. The van der Waals surface area contributed by atoms with Gasteiger partial charge in [-0.15, -0.1) is 0 Å². The Hall–Kier alpha value is -2.67. The third-order valence-electron chi connectivity index (χ3n) is 4.11. The van der Waals surface area contributed by atoms with Crippen LogP contribution in [0.3, 0.4) is 0 Å². The number of nitrogens with one attached hydrogen (secondary N) is 1. The largest absolute Gasteiger partial charge is 0.497 e. The number of benzene rings is 1. The van der Waals surface area contributed by atoms with Gasteiger partial charge in [0.25, 0.3) is 0 Å². The van der Waals surface area contributed by atoms with E-state index in [1.807, 2.05) is 38.4 Å². The molecule has 1 aromatic carbocycles. The van der Waals surface area contributed by atoms with E-state index in [0.29, 0.717) is 30.4 Å². The number of hydrogen-bond donors (Lipinski definition) is 1. The van der Waals surface area contributed by atoms with Crippen LogP contribution in [0.4, 0.5) is 5.82 Å². The van der Waals surface area contributed by atoms with Crippen LogP contribution in [0.25, 0.3) is 11.4 Å². The van der Waals surface area contributed by atoms with Crippen LogP contribution in [-0.2, 0) is 4.74 Å². The Balaban J connectivity index is 2.33. The molecular formula is C21H30N4O3. The number of carbonyl (C=O) groups excluding carboxylic acids is 1. The van der Waals surface area contributed by atoms with E-state index in [4.69, 9.17) is 9.47 Å². The lowest BCUT2D eigenvalue weighted by Gasteiger charge is -2.29. The second-order valence-corrected chi connectivity index (χ2v) is 7.66. The van der Waals surface area contributed by atoms with E-state index in [1.165, 1.54) is 6.20 Å². The van der Waals surface area contributed by atoms with Gasteiger partial charge in [-0.25, -0.2) is 14.8 Å². The molecule has 0 atom stereocenters. The first kappa shape index (κ1) is 21.6. The predicted molar refractivity (Wildman–Crippen MR) is 111 cm³/mol. The van der Waals surface area contributed by atoms with Crippen LogP contribution < -0.4 is 10.1 Å². The van der Waals surface area contributed by atoms with Gasteiger partial charge in [0.1, 0.15) is 17.1 Å². The van der Waals surface area contributed by atoms with Crippen molar-refractivity contribution in [1.29, 1.82) is 0 Å². The topological polar surface area (TPSA) is 76.6 Å². The lowest BCUT2D eigenvalue weighted by Crippen LogP contribution is -2.34. The molecule has 7 nitrogen and oxygen atoms in total. The monoisotopic (exact) mass is 386 g/mol. The average molecular weight is 386 g/mol. The van der Waals surface area contributed by atoms with E-state index in [2.05, 4.69) is 34.0 Å². The summed E-state index contributed by atoms with van der Waals surface area (Å²) in [6.45, 7) is 7.94. The summed E-state index contributed by atoms with van der Waals surface area (Å²) in [6, 6.07) is 7.48. The number of esters is 1. The first-order valence-corrected chi connectivity index (χ1v) is 9.33. The van der Waals surface area contributed by atoms with Crippen molar-refractivity contribution in [2.45, 2.75) is 20.8 Å². The maximum absolute atomic E-state index is 12.3. The second-order valence-electron chi connectivity index (χ2n) is 7.66. The van der Waals surface area contributed by atoms with Crippen molar-refractivity contribution in [3.63, 3.8) is 0 Å². The summed E-state index contributed by atoms with van der Waals surface area (Å²) in [5.74, 6) is 1.34. The molecule has 2 aromatic rings. The molecule has 0 unspecified atom stereocenters. The van der Waals surface area contributed by atoms with Crippen LogP contribution in [0.15, 0.2) is 30.5 Å². The van der Waals surface area contributed by atoms with Crippen molar-refractivity contribution in [3.8, 4) is 17.1 Å². The third-order valence-corrected chi connectivity index (χ3v) is 4.11. The number of aromatic nitrogens is 2. The summed E-state index contributed by atoms with van der Waals surface area (Å²) in [4.78, 5) is 23.4. The summed E-state index contributed by atoms with van der Waals surface area (Å²) < 4.78 is 10.4. The van der Waals surface area contributed by atoms with E-state index in [1.54, 1.807) is 14.0 Å². The molecule has 0 aliphatic rings. The number of hydrogen-bond acceptors (Lipinski definition) is 7. The van der Waals surface area contributed by atoms with Gasteiger partial charge < -0.3 is 19.7 Å². The number of anilines is 1. The van der Waals surface area contributed by atoms with E-state index in [-0.39, 0.29) is 5.41 Å². The highest BCUT2D eigenvalue weighted by atomic mass is 16.5. The van der Waals surface area contributed by atoms with Crippen molar-refractivity contribution in [3.05, 3.63) is 36.0 Å². The third kappa shape index (κ3) is 5.92. The SMILES string of the molecule is CCOC(=O)c1cnc(-c2ccc(OC)cc2)nc1NCC(C)(C)CN(C)C. The fourth-order valence-electron chi connectivity index (χ4n) is 2.99. The number of ether oxygens (including phenoxy) is 2. The van der Waals surface area contributed by atoms with Crippen LogP contribution in [-0.4, -0.2) is 61.7 Å². The molecule has 0 amide bonds. The molecule has 28 heavy (non-hydrogen) atoms. The zero-order valence-electron chi connectivity index (χ0n) is 17.6. The lowest BCUT2D eigenvalue weighted by molar-refractivity contribution is 0.0526. The number of rotatable bonds is 9. The van der Waals surface area contributed by atoms with E-state index in [0.717, 1.165) is 17.9 Å². The molecular weight excluding hydrogens is 356 g/mol. The first-order valence-electron chi connectivity index (χ1n) is 9.33. The predicted octanol–water partition coefficient (Wildman–Crippen LogP) is 3.33. The van der Waals surface area contributed by atoms with Crippen LogP contribution in [0.2, 0.25) is 0 Å². The summed E-state index contributed by atoms with van der Waals surface area (Å²) in [5, 5.41) is 3.33. The molecule has 0 bridgehead atoms. The van der Waals surface area contributed by atoms with Crippen LogP contribution in [0.5, 0.6) is 5.75 Å². The molecule has 0 spiro atoms. The van der Waals surface area contributed by atoms with Crippen molar-refractivity contribution >= 4 is 11.8 Å². The Morgan fingerprint density at radius 2 is 1.89 bits per heavy atom. The fourth-order valence-corrected chi connectivity index (χ4v) is 2.99. The first-order chi connectivity index (χ1) is 13.3. The van der Waals surface area contributed by atoms with Crippen LogP contribution in [0, 0.1) is 5.41 Å². The zero-order valence-corrected chi connectivity index (χ0v) is 17.6. The summed E-state index contributed by atoms with van der Waals surface area (Å²) in [7, 11) is 5.70. The van der Waals surface area contributed by atoms with Crippen molar-refractivity contribution in [1.82, 2.24) is 14.9 Å². The minimum absolute atomic E-state index is 0.0132. The molecule has 0 saturated heterocycles. The molecule has 1 heterocycles. The molecule has 7 heteroatoms. The molecule has 0 saturated carbocycles. The Kier molecular flexibility index (Phi) is 7.34. The number of methoxy groups -OCH3 is 1. The van der Waals surface area contributed by atoms with Crippen molar-refractivity contribution < 1.29 is 14.3 Å².